The third-order valence-electron chi connectivity index (χ3n) is 7.79. The molecule has 2 aromatic carbocycles. The Labute approximate surface area is 227 Å². The summed E-state index contributed by atoms with van der Waals surface area (Å²) in [5.41, 5.74) is 7.59. The zero-order chi connectivity index (χ0) is 26.5. The zero-order valence-corrected chi connectivity index (χ0v) is 23.1. The van der Waals surface area contributed by atoms with E-state index in [-0.39, 0.29) is 6.09 Å². The van der Waals surface area contributed by atoms with Gasteiger partial charge >= 0.3 is 6.09 Å². The molecule has 1 aromatic heterocycles. The Hall–Kier alpha value is -3.18. The van der Waals surface area contributed by atoms with Crippen molar-refractivity contribution in [2.75, 3.05) is 6.54 Å². The minimum absolute atomic E-state index is 0.352. The fraction of sp³-hybridized carbons (Fsp3) is 0.455. The number of fused-ring (bicyclic) bond motifs is 2. The second-order valence-corrected chi connectivity index (χ2v) is 11.9. The van der Waals surface area contributed by atoms with E-state index < -0.39 is 5.60 Å². The molecule has 1 N–H and O–H groups in total. The summed E-state index contributed by atoms with van der Waals surface area (Å²) in [5, 5.41) is 2.86. The molecule has 0 spiro atoms. The van der Waals surface area contributed by atoms with Gasteiger partial charge in [0, 0.05) is 25.8 Å². The summed E-state index contributed by atoms with van der Waals surface area (Å²) in [6.07, 6.45) is 8.64. The summed E-state index contributed by atoms with van der Waals surface area (Å²) >= 11 is 0. The maximum Gasteiger partial charge on any atom is 0.407 e. The van der Waals surface area contributed by atoms with Crippen LogP contribution >= 0.6 is 0 Å². The fourth-order valence-corrected chi connectivity index (χ4v) is 5.99. The average molecular weight is 512 g/mol. The molecular formula is C33H41N3O2. The molecule has 0 fully saturated rings. The summed E-state index contributed by atoms with van der Waals surface area (Å²) in [7, 11) is 0. The number of alkyl carbamates (subject to hydrolysis) is 1. The monoisotopic (exact) mass is 511 g/mol. The molecule has 1 heterocycles. The van der Waals surface area contributed by atoms with Crippen LogP contribution in [0.5, 0.6) is 0 Å². The minimum Gasteiger partial charge on any atom is -0.444 e. The second kappa shape index (κ2) is 11.7. The predicted octanol–water partition coefficient (Wildman–Crippen LogP) is 6.79. The summed E-state index contributed by atoms with van der Waals surface area (Å²) in [5.74, 6) is 0.649. The first-order chi connectivity index (χ1) is 18.3. The van der Waals surface area contributed by atoms with Gasteiger partial charge in [0.2, 0.25) is 0 Å². The highest BCUT2D eigenvalue weighted by Crippen LogP contribution is 2.36. The molecule has 3 aromatic rings. The van der Waals surface area contributed by atoms with Crippen LogP contribution in [-0.4, -0.2) is 28.1 Å². The number of amides is 1. The van der Waals surface area contributed by atoms with E-state index in [0.717, 1.165) is 37.9 Å². The molecule has 0 bridgehead atoms. The van der Waals surface area contributed by atoms with Crippen molar-refractivity contribution in [3.63, 3.8) is 0 Å². The van der Waals surface area contributed by atoms with Gasteiger partial charge in [-0.25, -0.2) is 4.79 Å². The van der Waals surface area contributed by atoms with Crippen LogP contribution in [0.2, 0.25) is 0 Å². The molecule has 38 heavy (non-hydrogen) atoms. The number of aromatic nitrogens is 1. The molecule has 5 nitrogen and oxygen atoms in total. The molecule has 200 valence electrons. The van der Waals surface area contributed by atoms with Gasteiger partial charge in [0.1, 0.15) is 5.60 Å². The van der Waals surface area contributed by atoms with Gasteiger partial charge in [-0.05, 0) is 99.1 Å². The van der Waals surface area contributed by atoms with E-state index in [4.69, 9.17) is 9.72 Å². The van der Waals surface area contributed by atoms with E-state index in [1.807, 2.05) is 27.0 Å². The lowest BCUT2D eigenvalue weighted by Gasteiger charge is -2.38. The first-order valence-corrected chi connectivity index (χ1v) is 14.1. The van der Waals surface area contributed by atoms with Crippen LogP contribution in [0, 0.1) is 5.92 Å². The fourth-order valence-electron chi connectivity index (χ4n) is 5.99. The minimum atomic E-state index is -0.496. The topological polar surface area (TPSA) is 54.5 Å². The zero-order valence-electron chi connectivity index (χ0n) is 23.1. The van der Waals surface area contributed by atoms with Gasteiger partial charge < -0.3 is 10.1 Å². The van der Waals surface area contributed by atoms with Gasteiger partial charge in [-0.1, -0.05) is 54.6 Å². The highest BCUT2D eigenvalue weighted by Gasteiger charge is 2.30. The lowest BCUT2D eigenvalue weighted by atomic mass is 9.82. The molecule has 2 atom stereocenters. The van der Waals surface area contributed by atoms with Crippen LogP contribution in [-0.2, 0) is 37.1 Å². The largest absolute Gasteiger partial charge is 0.444 e. The molecular weight excluding hydrogens is 470 g/mol. The van der Waals surface area contributed by atoms with Crippen molar-refractivity contribution in [2.45, 2.75) is 84.0 Å². The summed E-state index contributed by atoms with van der Waals surface area (Å²) < 4.78 is 5.36. The van der Waals surface area contributed by atoms with Gasteiger partial charge in [-0.15, -0.1) is 0 Å². The van der Waals surface area contributed by atoms with Gasteiger partial charge in [-0.3, -0.25) is 9.88 Å². The van der Waals surface area contributed by atoms with Crippen LogP contribution in [0.4, 0.5) is 4.79 Å². The van der Waals surface area contributed by atoms with Crippen molar-refractivity contribution in [1.29, 1.82) is 0 Å². The number of nitrogens with zero attached hydrogens (tertiary/aromatic N) is 2. The molecule has 0 unspecified atom stereocenters. The van der Waals surface area contributed by atoms with Crippen LogP contribution < -0.4 is 5.32 Å². The van der Waals surface area contributed by atoms with E-state index >= 15 is 0 Å². The van der Waals surface area contributed by atoms with Crippen molar-refractivity contribution in [1.82, 2.24) is 15.2 Å². The molecule has 1 amide bonds. The van der Waals surface area contributed by atoms with E-state index in [1.165, 1.54) is 47.2 Å². The Balaban J connectivity index is 1.30. The molecule has 5 rings (SSSR count). The van der Waals surface area contributed by atoms with Crippen LogP contribution in [0.3, 0.4) is 0 Å². The van der Waals surface area contributed by atoms with Crippen LogP contribution in [0.1, 0.15) is 79.6 Å². The maximum absolute atomic E-state index is 12.0. The standard InChI is InChI=1S/C33H41N3O2/c1-33(2,3)38-32(37)35-21-24-13-15-25(16-14-24)22-36(30-12-6-10-28-11-7-19-34-31(28)30)23-26-17-18-27-8-4-5-9-29(27)20-26/h4-5,7-9,11,13-16,19,26,30H,6,10,12,17-18,20-23H2,1-3H3,(H,35,37)/t26-,30+/m1/s1. The lowest BCUT2D eigenvalue weighted by Crippen LogP contribution is -2.37. The van der Waals surface area contributed by atoms with E-state index in [9.17, 15) is 4.79 Å². The third kappa shape index (κ3) is 6.82. The highest BCUT2D eigenvalue weighted by molar-refractivity contribution is 5.67. The number of ether oxygens (including phenoxy) is 1. The highest BCUT2D eigenvalue weighted by atomic mass is 16.6. The van der Waals surface area contributed by atoms with Crippen LogP contribution in [0.25, 0.3) is 0 Å². The Kier molecular flexibility index (Phi) is 8.13. The lowest BCUT2D eigenvalue weighted by molar-refractivity contribution is 0.0523. The first kappa shape index (κ1) is 26.4. The summed E-state index contributed by atoms with van der Waals surface area (Å²) in [4.78, 5) is 19.6. The number of rotatable bonds is 7. The molecule has 2 aliphatic carbocycles. The van der Waals surface area contributed by atoms with Gasteiger partial charge in [0.25, 0.3) is 0 Å². The number of pyridine rings is 1. The van der Waals surface area contributed by atoms with Gasteiger partial charge in [-0.2, -0.15) is 0 Å². The number of hydrogen-bond acceptors (Lipinski definition) is 4. The van der Waals surface area contributed by atoms with Crippen LogP contribution in [0.15, 0.2) is 66.9 Å². The Bertz CT molecular complexity index is 1230. The Morgan fingerprint density at radius 3 is 2.47 bits per heavy atom. The third-order valence-corrected chi connectivity index (χ3v) is 7.79. The Morgan fingerprint density at radius 1 is 0.947 bits per heavy atom. The van der Waals surface area contributed by atoms with E-state index in [1.54, 1.807) is 0 Å². The molecule has 0 radical (unpaired) electrons. The summed E-state index contributed by atoms with van der Waals surface area (Å²) in [6.45, 7) is 8.06. The smallest absolute Gasteiger partial charge is 0.407 e. The molecule has 0 aliphatic heterocycles. The van der Waals surface area contributed by atoms with Crippen molar-refractivity contribution in [3.8, 4) is 0 Å². The Morgan fingerprint density at radius 2 is 1.68 bits per heavy atom. The van der Waals surface area contributed by atoms with Gasteiger partial charge in [0.05, 0.1) is 11.7 Å². The van der Waals surface area contributed by atoms with E-state index in [0.29, 0.717) is 18.5 Å². The normalized spacial score (nSPS) is 18.9. The number of benzene rings is 2. The van der Waals surface area contributed by atoms with Crippen molar-refractivity contribution in [3.05, 3.63) is 100 Å². The van der Waals surface area contributed by atoms with Crippen molar-refractivity contribution in [2.24, 2.45) is 5.92 Å². The number of nitrogens with one attached hydrogen (secondary N) is 1. The number of carbonyl (C=O) groups is 1. The number of hydrogen-bond donors (Lipinski definition) is 1. The molecule has 0 saturated heterocycles. The summed E-state index contributed by atoms with van der Waals surface area (Å²) in [6, 6.07) is 22.3. The maximum atomic E-state index is 12.0. The number of aryl methyl sites for hydroxylation is 2. The molecule has 0 saturated carbocycles. The number of carbonyl (C=O) groups excluding carboxylic acids is 1. The van der Waals surface area contributed by atoms with E-state index in [2.05, 4.69) is 70.9 Å². The van der Waals surface area contributed by atoms with Gasteiger partial charge in [0.15, 0.2) is 0 Å². The molecule has 5 heteroatoms. The predicted molar refractivity (Wildman–Crippen MR) is 152 cm³/mol. The second-order valence-electron chi connectivity index (χ2n) is 11.9. The average Bonchev–Trinajstić information content (AvgIpc) is 2.91. The quantitative estimate of drug-likeness (QED) is 0.379. The van der Waals surface area contributed by atoms with Crippen molar-refractivity contribution >= 4 is 6.09 Å². The SMILES string of the molecule is CC(C)(C)OC(=O)NCc1ccc(CN(C[C@@H]2CCc3ccccc3C2)[C@H]2CCCc3cccnc32)cc1. The first-order valence-electron chi connectivity index (χ1n) is 14.1. The molecule has 2 aliphatic rings. The van der Waals surface area contributed by atoms with Crippen molar-refractivity contribution < 1.29 is 9.53 Å².